The van der Waals surface area contributed by atoms with E-state index in [2.05, 4.69) is 10.6 Å². The monoisotopic (exact) mass is 384 g/mol. The van der Waals surface area contributed by atoms with Crippen LogP contribution in [0.1, 0.15) is 26.6 Å². The highest BCUT2D eigenvalue weighted by Crippen LogP contribution is 2.19. The highest BCUT2D eigenvalue weighted by molar-refractivity contribution is 7.09. The Morgan fingerprint density at radius 2 is 1.96 bits per heavy atom. The summed E-state index contributed by atoms with van der Waals surface area (Å²) in [5.74, 6) is -0.877. The summed E-state index contributed by atoms with van der Waals surface area (Å²) in [4.78, 5) is 37.3. The fraction of sp³-hybridized carbons (Fsp3) is 0.250. The standard InChI is InChI=1S/C20H20N2O4S/c1-14-10-17(15(2)22(14)11-16-6-5-9-27-16)18(23)13-26-20(25)12-21-8-4-3-7-19(21)24/h3-10H,11-13H2,1-2H3. The molecule has 27 heavy (non-hydrogen) atoms. The molecule has 0 aliphatic heterocycles. The second-order valence-electron chi connectivity index (χ2n) is 6.20. The second kappa shape index (κ2) is 8.18. The number of nitrogens with zero attached hydrogens (tertiary/aromatic N) is 2. The molecule has 3 rings (SSSR count). The Hall–Kier alpha value is -2.93. The van der Waals surface area contributed by atoms with Gasteiger partial charge >= 0.3 is 5.97 Å². The Labute approximate surface area is 160 Å². The van der Waals surface area contributed by atoms with Gasteiger partial charge in [-0.25, -0.2) is 0 Å². The lowest BCUT2D eigenvalue weighted by atomic mass is 10.1. The smallest absolute Gasteiger partial charge is 0.326 e. The zero-order valence-corrected chi connectivity index (χ0v) is 16.0. The van der Waals surface area contributed by atoms with Crippen LogP contribution in [0.5, 0.6) is 0 Å². The molecular weight excluding hydrogens is 364 g/mol. The molecule has 3 aromatic rings. The molecule has 0 amide bonds. The molecule has 7 heteroatoms. The number of ether oxygens (including phenoxy) is 1. The molecule has 3 heterocycles. The van der Waals surface area contributed by atoms with E-state index in [-0.39, 0.29) is 24.5 Å². The van der Waals surface area contributed by atoms with E-state index >= 15 is 0 Å². The first-order valence-corrected chi connectivity index (χ1v) is 9.37. The molecule has 0 unspecified atom stereocenters. The summed E-state index contributed by atoms with van der Waals surface area (Å²) in [6.07, 6.45) is 1.50. The summed E-state index contributed by atoms with van der Waals surface area (Å²) >= 11 is 1.67. The molecule has 0 saturated carbocycles. The number of esters is 1. The van der Waals surface area contributed by atoms with Gasteiger partial charge in [-0.05, 0) is 37.4 Å². The zero-order chi connectivity index (χ0) is 19.4. The molecule has 0 spiro atoms. The van der Waals surface area contributed by atoms with Crippen molar-refractivity contribution in [3.8, 4) is 0 Å². The molecule has 3 aromatic heterocycles. The summed E-state index contributed by atoms with van der Waals surface area (Å²) in [6, 6.07) is 10.5. The Kier molecular flexibility index (Phi) is 5.71. The van der Waals surface area contributed by atoms with E-state index in [9.17, 15) is 14.4 Å². The topological polar surface area (TPSA) is 70.3 Å². The van der Waals surface area contributed by atoms with Gasteiger partial charge < -0.3 is 13.9 Å². The fourth-order valence-electron chi connectivity index (χ4n) is 2.88. The van der Waals surface area contributed by atoms with Crippen molar-refractivity contribution in [2.24, 2.45) is 0 Å². The number of carbonyl (C=O) groups is 2. The van der Waals surface area contributed by atoms with E-state index < -0.39 is 5.97 Å². The predicted octanol–water partition coefficient (Wildman–Crippen LogP) is 2.80. The number of thiophene rings is 1. The molecule has 0 saturated heterocycles. The quantitative estimate of drug-likeness (QED) is 0.464. The summed E-state index contributed by atoms with van der Waals surface area (Å²) < 4.78 is 8.38. The van der Waals surface area contributed by atoms with Gasteiger partial charge in [0.25, 0.3) is 5.56 Å². The summed E-state index contributed by atoms with van der Waals surface area (Å²) in [5.41, 5.74) is 2.08. The van der Waals surface area contributed by atoms with E-state index in [1.807, 2.05) is 31.4 Å². The number of rotatable bonds is 7. The van der Waals surface area contributed by atoms with Gasteiger partial charge in [0.2, 0.25) is 5.78 Å². The molecule has 6 nitrogen and oxygen atoms in total. The molecule has 0 atom stereocenters. The minimum absolute atomic E-state index is 0.218. The van der Waals surface area contributed by atoms with Crippen LogP contribution in [0, 0.1) is 13.8 Å². The first kappa shape index (κ1) is 18.8. The normalized spacial score (nSPS) is 10.7. The lowest BCUT2D eigenvalue weighted by Crippen LogP contribution is -2.25. The first-order chi connectivity index (χ1) is 13.0. The van der Waals surface area contributed by atoms with Crippen LogP contribution >= 0.6 is 11.3 Å². The summed E-state index contributed by atoms with van der Waals surface area (Å²) in [6.45, 7) is 3.98. The SMILES string of the molecule is Cc1cc(C(=O)COC(=O)Cn2ccccc2=O)c(C)n1Cc1cccs1. The number of pyridine rings is 1. The molecule has 0 radical (unpaired) electrons. The van der Waals surface area contributed by atoms with Crippen molar-refractivity contribution in [2.75, 3.05) is 6.61 Å². The Bertz CT molecular complexity index is 1020. The first-order valence-electron chi connectivity index (χ1n) is 8.49. The Morgan fingerprint density at radius 3 is 2.67 bits per heavy atom. The van der Waals surface area contributed by atoms with Crippen LogP contribution in [0.3, 0.4) is 0 Å². The van der Waals surface area contributed by atoms with Crippen LogP contribution in [0.2, 0.25) is 0 Å². The third kappa shape index (κ3) is 4.43. The lowest BCUT2D eigenvalue weighted by molar-refractivity contribution is -0.143. The maximum atomic E-state index is 12.5. The van der Waals surface area contributed by atoms with Gasteiger partial charge in [-0.2, -0.15) is 0 Å². The number of ketones is 1. The number of aryl methyl sites for hydroxylation is 1. The molecule has 0 fully saturated rings. The van der Waals surface area contributed by atoms with Gasteiger partial charge in [-0.15, -0.1) is 11.3 Å². The second-order valence-corrected chi connectivity index (χ2v) is 7.23. The number of aromatic nitrogens is 2. The van der Waals surface area contributed by atoms with E-state index in [0.29, 0.717) is 12.1 Å². The zero-order valence-electron chi connectivity index (χ0n) is 15.2. The highest BCUT2D eigenvalue weighted by atomic mass is 32.1. The maximum absolute atomic E-state index is 12.5. The Balaban J connectivity index is 1.63. The molecule has 0 bridgehead atoms. The number of hydrogen-bond donors (Lipinski definition) is 0. The largest absolute Gasteiger partial charge is 0.456 e. The van der Waals surface area contributed by atoms with E-state index in [4.69, 9.17) is 4.74 Å². The third-order valence-corrected chi connectivity index (χ3v) is 5.19. The summed E-state index contributed by atoms with van der Waals surface area (Å²) in [7, 11) is 0. The lowest BCUT2D eigenvalue weighted by Gasteiger charge is -2.09. The third-order valence-electron chi connectivity index (χ3n) is 4.33. The van der Waals surface area contributed by atoms with Crippen LogP contribution in [-0.2, 0) is 22.6 Å². The van der Waals surface area contributed by atoms with Gasteiger partial charge in [-0.1, -0.05) is 12.1 Å². The molecule has 0 aromatic carbocycles. The van der Waals surface area contributed by atoms with Gasteiger partial charge in [0.1, 0.15) is 6.54 Å². The summed E-state index contributed by atoms with van der Waals surface area (Å²) in [5, 5.41) is 2.02. The molecule has 140 valence electrons. The molecule has 0 N–H and O–H groups in total. The van der Waals surface area contributed by atoms with Crippen LogP contribution in [0.25, 0.3) is 0 Å². The minimum atomic E-state index is -0.621. The van der Waals surface area contributed by atoms with E-state index in [0.717, 1.165) is 11.4 Å². The predicted molar refractivity (Wildman–Crippen MR) is 103 cm³/mol. The van der Waals surface area contributed by atoms with Crippen molar-refractivity contribution in [1.82, 2.24) is 9.13 Å². The van der Waals surface area contributed by atoms with E-state index in [1.54, 1.807) is 23.5 Å². The average molecular weight is 384 g/mol. The van der Waals surface area contributed by atoms with E-state index in [1.165, 1.54) is 21.7 Å². The van der Waals surface area contributed by atoms with Gasteiger partial charge in [0, 0.05) is 34.1 Å². The van der Waals surface area contributed by atoms with Crippen molar-refractivity contribution in [2.45, 2.75) is 26.9 Å². The maximum Gasteiger partial charge on any atom is 0.326 e. The molecule has 0 aliphatic carbocycles. The minimum Gasteiger partial charge on any atom is -0.456 e. The number of Topliss-reactive ketones (excluding diaryl/α,β-unsaturated/α-hetero) is 1. The Morgan fingerprint density at radius 1 is 1.15 bits per heavy atom. The van der Waals surface area contributed by atoms with Gasteiger partial charge in [0.15, 0.2) is 6.61 Å². The van der Waals surface area contributed by atoms with Crippen LogP contribution in [0.15, 0.2) is 52.8 Å². The number of hydrogen-bond acceptors (Lipinski definition) is 5. The van der Waals surface area contributed by atoms with Crippen molar-refractivity contribution in [3.05, 3.63) is 80.2 Å². The highest BCUT2D eigenvalue weighted by Gasteiger charge is 2.18. The van der Waals surface area contributed by atoms with Gasteiger partial charge in [0.05, 0.1) is 6.54 Å². The van der Waals surface area contributed by atoms with Crippen molar-refractivity contribution in [1.29, 1.82) is 0 Å². The van der Waals surface area contributed by atoms with Crippen molar-refractivity contribution >= 4 is 23.1 Å². The average Bonchev–Trinajstić information content (AvgIpc) is 3.25. The van der Waals surface area contributed by atoms with Crippen molar-refractivity contribution in [3.63, 3.8) is 0 Å². The van der Waals surface area contributed by atoms with Crippen LogP contribution in [0.4, 0.5) is 0 Å². The van der Waals surface area contributed by atoms with Crippen LogP contribution < -0.4 is 5.56 Å². The van der Waals surface area contributed by atoms with Gasteiger partial charge in [-0.3, -0.25) is 14.4 Å². The van der Waals surface area contributed by atoms with Crippen LogP contribution in [-0.4, -0.2) is 27.5 Å². The molecule has 0 aliphatic rings. The fourth-order valence-corrected chi connectivity index (χ4v) is 3.58. The number of carbonyl (C=O) groups excluding carboxylic acids is 2. The molecular formula is C20H20N2O4S. The van der Waals surface area contributed by atoms with Crippen molar-refractivity contribution < 1.29 is 14.3 Å².